The average Bonchev–Trinajstić information content (AvgIpc) is 3.00. The molecule has 0 aliphatic rings. The number of nitrogens with one attached hydrogen (secondary N) is 1. The van der Waals surface area contributed by atoms with Crippen LogP contribution in [0.5, 0.6) is 0 Å². The molecule has 22 heavy (non-hydrogen) atoms. The summed E-state index contributed by atoms with van der Waals surface area (Å²) >= 11 is 0. The van der Waals surface area contributed by atoms with Gasteiger partial charge in [-0.3, -0.25) is 5.10 Å². The third-order valence-corrected chi connectivity index (χ3v) is 3.70. The van der Waals surface area contributed by atoms with Crippen LogP contribution in [0.1, 0.15) is 35.7 Å². The maximum Gasteiger partial charge on any atom is 0.337 e. The number of fused-ring (bicyclic) bond motifs is 1. The lowest BCUT2D eigenvalue weighted by Crippen LogP contribution is -2.03. The van der Waals surface area contributed by atoms with E-state index in [-0.39, 0.29) is 5.97 Å². The molecule has 5 heteroatoms. The summed E-state index contributed by atoms with van der Waals surface area (Å²) in [5.41, 5.74) is 4.40. The lowest BCUT2D eigenvalue weighted by molar-refractivity contribution is 0.0601. The van der Waals surface area contributed by atoms with E-state index in [0.717, 1.165) is 27.7 Å². The molecule has 0 bridgehead atoms. The Bertz CT molecular complexity index is 837. The van der Waals surface area contributed by atoms with Crippen LogP contribution in [0.2, 0.25) is 0 Å². The van der Waals surface area contributed by atoms with Gasteiger partial charge in [0, 0.05) is 17.1 Å². The summed E-state index contributed by atoms with van der Waals surface area (Å²) in [6, 6.07) is 7.67. The van der Waals surface area contributed by atoms with Crippen molar-refractivity contribution in [3.05, 3.63) is 47.8 Å². The zero-order valence-corrected chi connectivity index (χ0v) is 12.8. The topological polar surface area (TPSA) is 67.9 Å². The van der Waals surface area contributed by atoms with Crippen molar-refractivity contribution in [3.8, 4) is 11.1 Å². The number of benzene rings is 1. The van der Waals surface area contributed by atoms with Gasteiger partial charge in [-0.2, -0.15) is 5.10 Å². The number of H-pyrrole nitrogens is 1. The molecule has 3 aromatic rings. The van der Waals surface area contributed by atoms with E-state index in [1.165, 1.54) is 7.11 Å². The predicted molar refractivity (Wildman–Crippen MR) is 84.8 cm³/mol. The molecule has 0 spiro atoms. The van der Waals surface area contributed by atoms with Crippen LogP contribution in [0.4, 0.5) is 0 Å². The number of ether oxygens (including phenoxy) is 1. The summed E-state index contributed by atoms with van der Waals surface area (Å²) in [4.78, 5) is 16.2. The fourth-order valence-corrected chi connectivity index (χ4v) is 2.54. The minimum absolute atomic E-state index is 0.335. The molecule has 2 aromatic heterocycles. The Balaban J connectivity index is 2.19. The summed E-state index contributed by atoms with van der Waals surface area (Å²) in [6.07, 6.45) is 3.54. The standard InChI is InChI=1S/C17H17N3O2/c1-10(2)14-5-4-11(17(21)22-3)7-15(14)12-6-13-9-19-20-16(13)18-8-12/h4-10H,1-3H3,(H,18,19,20). The predicted octanol–water partition coefficient (Wildman–Crippen LogP) is 3.53. The highest BCUT2D eigenvalue weighted by atomic mass is 16.5. The molecule has 0 fully saturated rings. The highest BCUT2D eigenvalue weighted by Gasteiger charge is 2.14. The Kier molecular flexibility index (Phi) is 3.63. The number of rotatable bonds is 3. The van der Waals surface area contributed by atoms with Gasteiger partial charge in [0.2, 0.25) is 0 Å². The molecule has 112 valence electrons. The molecule has 1 aromatic carbocycles. The van der Waals surface area contributed by atoms with Crippen molar-refractivity contribution in [2.45, 2.75) is 19.8 Å². The molecule has 5 nitrogen and oxygen atoms in total. The monoisotopic (exact) mass is 295 g/mol. The van der Waals surface area contributed by atoms with Crippen molar-refractivity contribution < 1.29 is 9.53 Å². The number of nitrogens with zero attached hydrogens (tertiary/aromatic N) is 2. The number of methoxy groups -OCH3 is 1. The first-order chi connectivity index (χ1) is 10.6. The van der Waals surface area contributed by atoms with Crippen LogP contribution in [0.3, 0.4) is 0 Å². The number of carbonyl (C=O) groups excluding carboxylic acids is 1. The summed E-state index contributed by atoms with van der Waals surface area (Å²) in [6.45, 7) is 4.25. The first kappa shape index (κ1) is 14.3. The minimum atomic E-state index is -0.339. The van der Waals surface area contributed by atoms with Gasteiger partial charge in [0.05, 0.1) is 18.9 Å². The van der Waals surface area contributed by atoms with Gasteiger partial charge in [-0.15, -0.1) is 0 Å². The molecule has 0 atom stereocenters. The first-order valence-electron chi connectivity index (χ1n) is 7.12. The molecule has 0 amide bonds. The first-order valence-corrected chi connectivity index (χ1v) is 7.12. The van der Waals surface area contributed by atoms with Crippen molar-refractivity contribution >= 4 is 17.0 Å². The van der Waals surface area contributed by atoms with Gasteiger partial charge in [0.15, 0.2) is 5.65 Å². The zero-order chi connectivity index (χ0) is 15.7. The van der Waals surface area contributed by atoms with Gasteiger partial charge in [-0.25, -0.2) is 9.78 Å². The summed E-state index contributed by atoms with van der Waals surface area (Å²) < 4.78 is 4.82. The van der Waals surface area contributed by atoms with Crippen molar-refractivity contribution in [2.75, 3.05) is 7.11 Å². The van der Waals surface area contributed by atoms with Crippen LogP contribution >= 0.6 is 0 Å². The lowest BCUT2D eigenvalue weighted by Gasteiger charge is -2.14. The molecule has 0 aliphatic heterocycles. The van der Waals surface area contributed by atoms with Crippen molar-refractivity contribution in [2.24, 2.45) is 0 Å². The van der Waals surface area contributed by atoms with Crippen LogP contribution in [-0.2, 0) is 4.74 Å². The third-order valence-electron chi connectivity index (χ3n) is 3.70. The molecule has 0 aliphatic carbocycles. The highest BCUT2D eigenvalue weighted by Crippen LogP contribution is 2.31. The van der Waals surface area contributed by atoms with Crippen LogP contribution in [-0.4, -0.2) is 28.3 Å². The fourth-order valence-electron chi connectivity index (χ4n) is 2.54. The number of aromatic nitrogens is 3. The molecule has 2 heterocycles. The maximum absolute atomic E-state index is 11.8. The van der Waals surface area contributed by atoms with E-state index in [2.05, 4.69) is 29.0 Å². The minimum Gasteiger partial charge on any atom is -0.465 e. The molecular weight excluding hydrogens is 278 g/mol. The second-order valence-electron chi connectivity index (χ2n) is 5.48. The number of aromatic amines is 1. The second-order valence-corrected chi connectivity index (χ2v) is 5.48. The largest absolute Gasteiger partial charge is 0.465 e. The number of esters is 1. The van der Waals surface area contributed by atoms with E-state index in [9.17, 15) is 4.79 Å². The fraction of sp³-hybridized carbons (Fsp3) is 0.235. The Morgan fingerprint density at radius 1 is 1.23 bits per heavy atom. The van der Waals surface area contributed by atoms with E-state index >= 15 is 0 Å². The molecule has 0 saturated carbocycles. The Hall–Kier alpha value is -2.69. The van der Waals surface area contributed by atoms with E-state index in [4.69, 9.17) is 4.74 Å². The van der Waals surface area contributed by atoms with Gasteiger partial charge in [0.1, 0.15) is 0 Å². The second kappa shape index (κ2) is 5.60. The Morgan fingerprint density at radius 3 is 2.77 bits per heavy atom. The number of hydrogen-bond donors (Lipinski definition) is 1. The molecule has 0 saturated heterocycles. The summed E-state index contributed by atoms with van der Waals surface area (Å²) in [7, 11) is 1.39. The number of hydrogen-bond acceptors (Lipinski definition) is 4. The van der Waals surface area contributed by atoms with Crippen molar-refractivity contribution in [1.82, 2.24) is 15.2 Å². The van der Waals surface area contributed by atoms with Crippen molar-refractivity contribution in [3.63, 3.8) is 0 Å². The van der Waals surface area contributed by atoms with Gasteiger partial charge < -0.3 is 4.74 Å². The zero-order valence-electron chi connectivity index (χ0n) is 12.8. The van der Waals surface area contributed by atoms with Gasteiger partial charge in [0.25, 0.3) is 0 Å². The quantitative estimate of drug-likeness (QED) is 0.750. The van der Waals surface area contributed by atoms with Gasteiger partial charge >= 0.3 is 5.97 Å². The van der Waals surface area contributed by atoms with Crippen LogP contribution < -0.4 is 0 Å². The average molecular weight is 295 g/mol. The van der Waals surface area contributed by atoms with E-state index < -0.39 is 0 Å². The van der Waals surface area contributed by atoms with Crippen molar-refractivity contribution in [1.29, 1.82) is 0 Å². The van der Waals surface area contributed by atoms with Gasteiger partial charge in [-0.1, -0.05) is 19.9 Å². The van der Waals surface area contributed by atoms with Crippen LogP contribution in [0.25, 0.3) is 22.2 Å². The van der Waals surface area contributed by atoms with E-state index in [1.807, 2.05) is 18.2 Å². The summed E-state index contributed by atoms with van der Waals surface area (Å²) in [5, 5.41) is 7.77. The van der Waals surface area contributed by atoms with Crippen LogP contribution in [0, 0.1) is 0 Å². The maximum atomic E-state index is 11.8. The smallest absolute Gasteiger partial charge is 0.337 e. The number of carbonyl (C=O) groups is 1. The Labute approximate surface area is 128 Å². The molecule has 0 radical (unpaired) electrons. The highest BCUT2D eigenvalue weighted by molar-refractivity contribution is 5.92. The molecular formula is C17H17N3O2. The molecule has 3 rings (SSSR count). The normalized spacial score (nSPS) is 11.1. The van der Waals surface area contributed by atoms with E-state index in [1.54, 1.807) is 18.5 Å². The Morgan fingerprint density at radius 2 is 2.05 bits per heavy atom. The van der Waals surface area contributed by atoms with Crippen LogP contribution in [0.15, 0.2) is 36.7 Å². The summed E-state index contributed by atoms with van der Waals surface area (Å²) in [5.74, 6) is -0.00403. The molecule has 1 N–H and O–H groups in total. The molecule has 0 unspecified atom stereocenters. The third kappa shape index (κ3) is 2.45. The lowest BCUT2D eigenvalue weighted by atomic mass is 9.91. The SMILES string of the molecule is COC(=O)c1ccc(C(C)C)c(-c2cnc3[nH]ncc3c2)c1. The van der Waals surface area contributed by atoms with Gasteiger partial charge in [-0.05, 0) is 35.2 Å². The van der Waals surface area contributed by atoms with E-state index in [0.29, 0.717) is 11.5 Å². The number of pyridine rings is 1.